The summed E-state index contributed by atoms with van der Waals surface area (Å²) >= 11 is 5.79. The number of urea groups is 1. The molecule has 0 atom stereocenters. The molecule has 124 valence electrons. The van der Waals surface area contributed by atoms with E-state index < -0.39 is 18.9 Å². The molecule has 0 aliphatic carbocycles. The Balaban J connectivity index is 2.78. The summed E-state index contributed by atoms with van der Waals surface area (Å²) in [6.45, 7) is 7.08. The first-order chi connectivity index (χ1) is 10.2. The van der Waals surface area contributed by atoms with E-state index in [9.17, 15) is 9.36 Å². The topological polar surface area (TPSA) is 76.7 Å². The summed E-state index contributed by atoms with van der Waals surface area (Å²) in [4.78, 5) is 12.1. The summed E-state index contributed by atoms with van der Waals surface area (Å²) in [6, 6.07) is 6.15. The van der Waals surface area contributed by atoms with Crippen LogP contribution in [0.25, 0.3) is 0 Å². The maximum Gasteiger partial charge on any atom is 0.355 e. The number of benzene rings is 1. The Hall–Kier alpha value is -1.07. The second kappa shape index (κ2) is 7.97. The van der Waals surface area contributed by atoms with Gasteiger partial charge >= 0.3 is 13.6 Å². The maximum atomic E-state index is 12.8. The zero-order valence-electron chi connectivity index (χ0n) is 13.2. The van der Waals surface area contributed by atoms with Gasteiger partial charge < -0.3 is 19.7 Å². The van der Waals surface area contributed by atoms with E-state index in [1.807, 2.05) is 0 Å². The Morgan fingerprint density at radius 3 is 2.14 bits per heavy atom. The first-order valence-electron chi connectivity index (χ1n) is 6.98. The first-order valence-corrected chi connectivity index (χ1v) is 8.90. The lowest BCUT2D eigenvalue weighted by molar-refractivity contribution is 0.191. The molecule has 0 aromatic heterocycles. The molecular weight excluding hydrogens is 327 g/mol. The van der Waals surface area contributed by atoms with E-state index in [0.29, 0.717) is 10.7 Å². The molecule has 0 spiro atoms. The highest BCUT2D eigenvalue weighted by Gasteiger charge is 2.44. The number of nitrogens with one attached hydrogen (secondary N) is 2. The van der Waals surface area contributed by atoms with Crippen LogP contribution in [-0.2, 0) is 13.6 Å². The Kier molecular flexibility index (Phi) is 6.88. The van der Waals surface area contributed by atoms with Gasteiger partial charge in [0.15, 0.2) is 0 Å². The van der Waals surface area contributed by atoms with Crippen LogP contribution in [0, 0.1) is 0 Å². The Morgan fingerprint density at radius 2 is 1.68 bits per heavy atom. The van der Waals surface area contributed by atoms with Crippen molar-refractivity contribution >= 4 is 30.9 Å². The number of amides is 2. The highest BCUT2D eigenvalue weighted by atomic mass is 35.5. The van der Waals surface area contributed by atoms with Gasteiger partial charge in [-0.15, -0.1) is 0 Å². The van der Waals surface area contributed by atoms with Gasteiger partial charge in [0.05, 0.1) is 13.2 Å². The van der Waals surface area contributed by atoms with Crippen molar-refractivity contribution in [3.63, 3.8) is 0 Å². The van der Waals surface area contributed by atoms with Gasteiger partial charge in [0.1, 0.15) is 5.28 Å². The number of rotatable bonds is 7. The average molecular weight is 349 g/mol. The molecule has 6 nitrogen and oxygen atoms in total. The van der Waals surface area contributed by atoms with Crippen molar-refractivity contribution in [3.8, 4) is 0 Å². The van der Waals surface area contributed by atoms with Crippen molar-refractivity contribution in [3.05, 3.63) is 29.3 Å². The van der Waals surface area contributed by atoms with Crippen molar-refractivity contribution in [1.29, 1.82) is 0 Å². The Bertz CT molecular complexity index is 538. The van der Waals surface area contributed by atoms with Crippen LogP contribution in [0.1, 0.15) is 27.7 Å². The van der Waals surface area contributed by atoms with E-state index in [-0.39, 0.29) is 13.2 Å². The number of halogens is 1. The molecule has 0 bridgehead atoms. The van der Waals surface area contributed by atoms with Gasteiger partial charge in [0.25, 0.3) is 0 Å². The van der Waals surface area contributed by atoms with Gasteiger partial charge in [-0.3, -0.25) is 4.57 Å². The third-order valence-corrected chi connectivity index (χ3v) is 5.73. The van der Waals surface area contributed by atoms with Gasteiger partial charge in [0, 0.05) is 10.7 Å². The van der Waals surface area contributed by atoms with Gasteiger partial charge in [-0.05, 0) is 52.0 Å². The predicted molar refractivity (Wildman–Crippen MR) is 88.5 cm³/mol. The van der Waals surface area contributed by atoms with Crippen molar-refractivity contribution in [1.82, 2.24) is 5.32 Å². The molecule has 2 amide bonds. The van der Waals surface area contributed by atoms with Gasteiger partial charge in [-0.25, -0.2) is 4.79 Å². The van der Waals surface area contributed by atoms with Crippen LogP contribution in [0.15, 0.2) is 24.3 Å². The lowest BCUT2D eigenvalue weighted by Gasteiger charge is -2.33. The summed E-state index contributed by atoms with van der Waals surface area (Å²) in [7, 11) is -3.48. The molecule has 8 heteroatoms. The Morgan fingerprint density at radius 1 is 1.18 bits per heavy atom. The smallest absolute Gasteiger partial charge is 0.321 e. The second-order valence-electron chi connectivity index (χ2n) is 4.98. The van der Waals surface area contributed by atoms with Crippen molar-refractivity contribution in [2.45, 2.75) is 33.0 Å². The molecule has 0 heterocycles. The van der Waals surface area contributed by atoms with E-state index in [1.54, 1.807) is 52.0 Å². The molecule has 1 aromatic rings. The van der Waals surface area contributed by atoms with Gasteiger partial charge in [-0.2, -0.15) is 0 Å². The average Bonchev–Trinajstić information content (AvgIpc) is 2.41. The van der Waals surface area contributed by atoms with Gasteiger partial charge in [0.2, 0.25) is 0 Å². The quantitative estimate of drug-likeness (QED) is 0.713. The summed E-state index contributed by atoms with van der Waals surface area (Å²) < 4.78 is 23.3. The highest BCUT2D eigenvalue weighted by Crippen LogP contribution is 2.58. The molecule has 0 aliphatic heterocycles. The van der Waals surface area contributed by atoms with Crippen LogP contribution in [0.4, 0.5) is 10.5 Å². The van der Waals surface area contributed by atoms with Crippen molar-refractivity contribution in [2.75, 3.05) is 18.5 Å². The minimum Gasteiger partial charge on any atom is -0.321 e. The van der Waals surface area contributed by atoms with Crippen LogP contribution >= 0.6 is 19.2 Å². The number of hydrogen-bond donors (Lipinski definition) is 2. The van der Waals surface area contributed by atoms with Crippen molar-refractivity contribution < 1.29 is 18.4 Å². The molecule has 1 rings (SSSR count). The van der Waals surface area contributed by atoms with E-state index in [4.69, 9.17) is 20.6 Å². The molecule has 1 aromatic carbocycles. The third-order valence-electron chi connectivity index (χ3n) is 2.80. The molecule has 0 radical (unpaired) electrons. The number of carbonyl (C=O) groups excluding carboxylic acids is 1. The van der Waals surface area contributed by atoms with E-state index in [2.05, 4.69) is 10.6 Å². The van der Waals surface area contributed by atoms with E-state index in [0.717, 1.165) is 0 Å². The molecule has 0 fully saturated rings. The molecule has 0 saturated carbocycles. The number of anilines is 1. The largest absolute Gasteiger partial charge is 0.355 e. The number of carbonyl (C=O) groups is 1. The summed E-state index contributed by atoms with van der Waals surface area (Å²) in [5.41, 5.74) is 0.570. The van der Waals surface area contributed by atoms with Crippen molar-refractivity contribution in [2.24, 2.45) is 0 Å². The molecule has 0 unspecified atom stereocenters. The normalized spacial score (nSPS) is 12.0. The number of hydrogen-bond acceptors (Lipinski definition) is 4. The standard InChI is InChI=1S/C14H22ClN2O4P/c1-5-20-22(19,21-6-2)14(3,4)17-13(18)16-12-9-7-11(15)8-10-12/h7-10H,5-6H2,1-4H3,(H2,16,17,18). The van der Waals surface area contributed by atoms with Crippen LogP contribution in [0.2, 0.25) is 5.02 Å². The predicted octanol–water partition coefficient (Wildman–Crippen LogP) is 4.46. The van der Waals surface area contributed by atoms with E-state index >= 15 is 0 Å². The fourth-order valence-corrected chi connectivity index (χ4v) is 3.51. The Labute approximate surface area is 136 Å². The minimum atomic E-state index is -3.48. The fourth-order valence-electron chi connectivity index (χ4n) is 1.74. The molecule has 2 N–H and O–H groups in total. The van der Waals surface area contributed by atoms with Crippen LogP contribution in [-0.4, -0.2) is 24.5 Å². The third kappa shape index (κ3) is 4.99. The summed E-state index contributed by atoms with van der Waals surface area (Å²) in [5, 5.41) is 4.68. The van der Waals surface area contributed by atoms with Gasteiger partial charge in [-0.1, -0.05) is 11.6 Å². The molecular formula is C14H22ClN2O4P. The van der Waals surface area contributed by atoms with Crippen LogP contribution in [0.5, 0.6) is 0 Å². The minimum absolute atomic E-state index is 0.223. The SMILES string of the molecule is CCOP(=O)(OCC)C(C)(C)NC(=O)Nc1ccc(Cl)cc1. The monoisotopic (exact) mass is 348 g/mol. The van der Waals surface area contributed by atoms with Crippen LogP contribution < -0.4 is 10.6 Å². The lowest BCUT2D eigenvalue weighted by Crippen LogP contribution is -2.46. The zero-order valence-corrected chi connectivity index (χ0v) is 14.8. The van der Waals surface area contributed by atoms with Crippen LogP contribution in [0.3, 0.4) is 0 Å². The summed E-state index contributed by atoms with van der Waals surface area (Å²) in [6.07, 6.45) is 0. The lowest BCUT2D eigenvalue weighted by atomic mass is 10.3. The highest BCUT2D eigenvalue weighted by molar-refractivity contribution is 7.55. The van der Waals surface area contributed by atoms with E-state index in [1.165, 1.54) is 0 Å². The molecule has 0 aliphatic rings. The zero-order chi connectivity index (χ0) is 16.8. The fraction of sp³-hybridized carbons (Fsp3) is 0.500. The second-order valence-corrected chi connectivity index (χ2v) is 8.04. The first kappa shape index (κ1) is 19.0. The maximum absolute atomic E-state index is 12.8. The molecule has 0 saturated heterocycles. The molecule has 22 heavy (non-hydrogen) atoms. The summed E-state index contributed by atoms with van der Waals surface area (Å²) in [5.74, 6) is 0.